The number of aromatic nitrogens is 2. The Morgan fingerprint density at radius 2 is 1.59 bits per heavy atom. The molecule has 0 aliphatic carbocycles. The molecule has 0 aliphatic heterocycles. The van der Waals surface area contributed by atoms with E-state index in [1.54, 1.807) is 6.07 Å². The third-order valence-corrected chi connectivity index (χ3v) is 6.89. The van der Waals surface area contributed by atoms with Crippen molar-refractivity contribution in [1.29, 1.82) is 0 Å². The number of pyridine rings is 1. The molecule has 4 heteroatoms. The zero-order chi connectivity index (χ0) is 29.9. The van der Waals surface area contributed by atoms with Crippen LogP contribution in [-0.2, 0) is 5.41 Å². The van der Waals surface area contributed by atoms with Crippen molar-refractivity contribution in [1.82, 2.24) is 9.55 Å². The van der Waals surface area contributed by atoms with Gasteiger partial charge in [-0.3, -0.25) is 4.57 Å². The van der Waals surface area contributed by atoms with Gasteiger partial charge in [-0.25, -0.2) is 4.98 Å². The van der Waals surface area contributed by atoms with Crippen molar-refractivity contribution in [2.24, 2.45) is 0 Å². The van der Waals surface area contributed by atoms with E-state index in [0.717, 1.165) is 37.7 Å². The Bertz CT molecular complexity index is 2000. The third-order valence-electron chi connectivity index (χ3n) is 6.40. The van der Waals surface area contributed by atoms with Crippen molar-refractivity contribution in [3.63, 3.8) is 0 Å². The van der Waals surface area contributed by atoms with E-state index >= 15 is 0 Å². The van der Waals surface area contributed by atoms with Crippen LogP contribution in [0.4, 0.5) is 0 Å². The van der Waals surface area contributed by atoms with Crippen LogP contribution >= 0.6 is 15.9 Å². The van der Waals surface area contributed by atoms with Crippen molar-refractivity contribution in [2.45, 2.75) is 26.2 Å². The molecule has 0 saturated heterocycles. The molecule has 2 aromatic heterocycles. The second-order valence-corrected chi connectivity index (χ2v) is 10.9. The number of ether oxygens (including phenoxy) is 1. The lowest BCUT2D eigenvalue weighted by molar-refractivity contribution is 0.483. The monoisotopic (exact) mass is 551 g/mol. The minimum Gasteiger partial charge on any atom is -0.457 e. The van der Waals surface area contributed by atoms with E-state index in [-0.39, 0.29) is 35.1 Å². The minimum absolute atomic E-state index is 0.0837. The first kappa shape index (κ1) is 18.4. The summed E-state index contributed by atoms with van der Waals surface area (Å²) in [5, 5.41) is 1.79. The molecule has 0 saturated carbocycles. The van der Waals surface area contributed by atoms with E-state index in [4.69, 9.17) is 16.6 Å². The van der Waals surface area contributed by atoms with Crippen LogP contribution in [0.2, 0.25) is 0 Å². The molecular formula is C33H27BrN2O. The third kappa shape index (κ3) is 4.54. The van der Waals surface area contributed by atoms with Crippen molar-refractivity contribution in [3.05, 3.63) is 119 Å². The van der Waals surface area contributed by atoms with E-state index in [9.17, 15) is 0 Å². The van der Waals surface area contributed by atoms with Gasteiger partial charge in [0.1, 0.15) is 17.3 Å². The molecule has 0 bridgehead atoms. The molecule has 6 rings (SSSR count). The van der Waals surface area contributed by atoms with Crippen LogP contribution in [0.25, 0.3) is 38.8 Å². The Hall–Kier alpha value is -3.89. The van der Waals surface area contributed by atoms with E-state index < -0.39 is 6.04 Å². The van der Waals surface area contributed by atoms with Gasteiger partial charge in [-0.2, -0.15) is 0 Å². The van der Waals surface area contributed by atoms with Crippen LogP contribution in [0, 0.1) is 0 Å². The Morgan fingerprint density at radius 1 is 0.784 bits per heavy atom. The molecule has 0 fully saturated rings. The normalized spacial score (nSPS) is 13.7. The molecule has 0 N–H and O–H groups in total. The number of benzene rings is 4. The van der Waals surface area contributed by atoms with Gasteiger partial charge in [0, 0.05) is 27.5 Å². The van der Waals surface area contributed by atoms with E-state index in [0.29, 0.717) is 17.1 Å². The highest BCUT2D eigenvalue weighted by Gasteiger charge is 2.18. The molecule has 0 unspecified atom stereocenters. The van der Waals surface area contributed by atoms with Gasteiger partial charge in [0.2, 0.25) is 0 Å². The fourth-order valence-electron chi connectivity index (χ4n) is 4.53. The zero-order valence-electron chi connectivity index (χ0n) is 25.7. The van der Waals surface area contributed by atoms with Crippen LogP contribution < -0.4 is 4.74 Å². The van der Waals surface area contributed by atoms with Crippen LogP contribution in [0.15, 0.2) is 114 Å². The largest absolute Gasteiger partial charge is 0.457 e. The van der Waals surface area contributed by atoms with E-state index in [1.807, 2.05) is 66.9 Å². The molecule has 182 valence electrons. The number of nitrogens with zero attached hydrogens (tertiary/aromatic N) is 2. The van der Waals surface area contributed by atoms with Gasteiger partial charge < -0.3 is 4.74 Å². The summed E-state index contributed by atoms with van der Waals surface area (Å²) < 4.78 is 50.5. The summed E-state index contributed by atoms with van der Waals surface area (Å²) in [4.78, 5) is 4.75. The lowest BCUT2D eigenvalue weighted by Crippen LogP contribution is -2.12. The Kier molecular flexibility index (Phi) is 4.57. The highest BCUT2D eigenvalue weighted by molar-refractivity contribution is 9.10. The molecule has 37 heavy (non-hydrogen) atoms. The number of hydrogen-bond acceptors (Lipinski definition) is 2. The van der Waals surface area contributed by atoms with Crippen LogP contribution in [0.1, 0.15) is 33.2 Å². The molecule has 0 aliphatic rings. The Morgan fingerprint density at radius 3 is 2.38 bits per heavy atom. The van der Waals surface area contributed by atoms with Gasteiger partial charge in [-0.1, -0.05) is 79.0 Å². The molecule has 2 heterocycles. The molecule has 0 radical (unpaired) electrons. The van der Waals surface area contributed by atoms with E-state index in [1.165, 1.54) is 0 Å². The van der Waals surface area contributed by atoms with Gasteiger partial charge in [0.05, 0.1) is 17.9 Å². The summed E-state index contributed by atoms with van der Waals surface area (Å²) >= 11 is 3.50. The second kappa shape index (κ2) is 9.20. The first-order valence-corrected chi connectivity index (χ1v) is 12.8. The average molecular weight is 553 g/mol. The zero-order valence-corrected chi connectivity index (χ0v) is 22.3. The van der Waals surface area contributed by atoms with Crippen LogP contribution in [0.3, 0.4) is 0 Å². The quantitative estimate of drug-likeness (QED) is 0.218. The van der Waals surface area contributed by atoms with Crippen LogP contribution in [-0.4, -0.2) is 9.55 Å². The van der Waals surface area contributed by atoms with Gasteiger partial charge >= 0.3 is 0 Å². The van der Waals surface area contributed by atoms with E-state index in [2.05, 4.69) is 47.3 Å². The first-order chi connectivity index (χ1) is 19.9. The smallest absolute Gasteiger partial charge is 0.137 e. The Balaban J connectivity index is 1.62. The molecule has 6 aromatic rings. The summed E-state index contributed by atoms with van der Waals surface area (Å²) in [7, 11) is 0. The number of halogens is 1. The molecule has 3 nitrogen and oxygen atoms in total. The van der Waals surface area contributed by atoms with Gasteiger partial charge in [0.25, 0.3) is 0 Å². The topological polar surface area (TPSA) is 27.1 Å². The highest BCUT2D eigenvalue weighted by atomic mass is 79.9. The standard InChI is InChI=1S/C33H27BrN2O/c1-33(2,3)24-16-17-35-32(19-24)36-30-15-12-23(22-8-5-4-6-9-22)18-29(30)28-14-13-27(21-31(28)36)37-26-11-7-10-25(34)20-26/h4-21H,1-3H3/i4D,5D,6D,8D,9D. The van der Waals surface area contributed by atoms with Gasteiger partial charge in [0.15, 0.2) is 0 Å². The summed E-state index contributed by atoms with van der Waals surface area (Å²) in [6.07, 6.45) is 1.82. The number of rotatable bonds is 4. The van der Waals surface area contributed by atoms with Crippen molar-refractivity contribution >= 4 is 37.7 Å². The lowest BCUT2D eigenvalue weighted by atomic mass is 9.88. The van der Waals surface area contributed by atoms with Crippen molar-refractivity contribution in [3.8, 4) is 28.4 Å². The predicted octanol–water partition coefficient (Wildman–Crippen LogP) is 9.70. The number of fused-ring (bicyclic) bond motifs is 3. The summed E-state index contributed by atoms with van der Waals surface area (Å²) in [6, 6.07) is 21.7. The molecule has 0 spiro atoms. The molecule has 0 atom stereocenters. The summed E-state index contributed by atoms with van der Waals surface area (Å²) in [5.41, 5.74) is 3.52. The van der Waals surface area contributed by atoms with Gasteiger partial charge in [-0.15, -0.1) is 0 Å². The molecular weight excluding hydrogens is 520 g/mol. The van der Waals surface area contributed by atoms with Crippen LogP contribution in [0.5, 0.6) is 11.5 Å². The second-order valence-electron chi connectivity index (χ2n) is 9.96. The maximum absolute atomic E-state index is 8.51. The molecule has 4 aromatic carbocycles. The summed E-state index contributed by atoms with van der Waals surface area (Å²) in [6.45, 7) is 6.48. The fourth-order valence-corrected chi connectivity index (χ4v) is 4.91. The lowest BCUT2D eigenvalue weighted by Gasteiger charge is -2.20. The maximum atomic E-state index is 8.51. The fraction of sp³-hybridized carbons (Fsp3) is 0.121. The first-order valence-electron chi connectivity index (χ1n) is 14.5. The average Bonchev–Trinajstić information content (AvgIpc) is 3.28. The molecule has 0 amide bonds. The minimum atomic E-state index is -0.408. The van der Waals surface area contributed by atoms with Crippen molar-refractivity contribution in [2.75, 3.05) is 0 Å². The number of hydrogen-bond donors (Lipinski definition) is 0. The highest BCUT2D eigenvalue weighted by Crippen LogP contribution is 2.37. The van der Waals surface area contributed by atoms with Crippen molar-refractivity contribution < 1.29 is 11.6 Å². The van der Waals surface area contributed by atoms with Gasteiger partial charge in [-0.05, 0) is 76.7 Å². The Labute approximate surface area is 232 Å². The SMILES string of the molecule is [2H]c1c([2H])c([2H])c(-c2ccc3c(c2)c2ccc(Oc4cccc(Br)c4)cc2n3-c2cc(C(C)(C)C)ccn2)c([2H])c1[2H]. The summed E-state index contributed by atoms with van der Waals surface area (Å²) in [5.74, 6) is 2.10. The predicted molar refractivity (Wildman–Crippen MR) is 157 cm³/mol. The maximum Gasteiger partial charge on any atom is 0.137 e.